The summed E-state index contributed by atoms with van der Waals surface area (Å²) in [6.07, 6.45) is -4.36. The highest BCUT2D eigenvalue weighted by Crippen LogP contribution is 2.33. The number of alkyl halides is 3. The lowest BCUT2D eigenvalue weighted by atomic mass is 10.0. The summed E-state index contributed by atoms with van der Waals surface area (Å²) in [7, 11) is 0. The van der Waals surface area contributed by atoms with Crippen molar-refractivity contribution >= 4 is 11.3 Å². The summed E-state index contributed by atoms with van der Waals surface area (Å²) in [6, 6.07) is 6.30. The van der Waals surface area contributed by atoms with Crippen LogP contribution in [0.1, 0.15) is 34.8 Å². The molecule has 0 radical (unpaired) electrons. The molecule has 1 N–H and O–H groups in total. The standard InChI is InChI=1S/C16H13F3N4OS/c1-8(10-3-5-11(6-4-10)16(17,18)19)14-22-23-15(25-14)12-7-13(24)21-9(2)20-12/h3-8H,1-2H3,(H,20,21,24). The molecule has 0 saturated heterocycles. The van der Waals surface area contributed by atoms with Gasteiger partial charge in [0.05, 0.1) is 5.56 Å². The van der Waals surface area contributed by atoms with Gasteiger partial charge in [0.15, 0.2) is 5.01 Å². The highest BCUT2D eigenvalue weighted by molar-refractivity contribution is 7.14. The van der Waals surface area contributed by atoms with E-state index in [9.17, 15) is 18.0 Å². The van der Waals surface area contributed by atoms with E-state index in [0.717, 1.165) is 12.1 Å². The fourth-order valence-electron chi connectivity index (χ4n) is 2.31. The predicted molar refractivity (Wildman–Crippen MR) is 87.5 cm³/mol. The largest absolute Gasteiger partial charge is 0.416 e. The van der Waals surface area contributed by atoms with Gasteiger partial charge < -0.3 is 4.98 Å². The summed E-state index contributed by atoms with van der Waals surface area (Å²) in [6.45, 7) is 3.50. The van der Waals surface area contributed by atoms with Crippen LogP contribution >= 0.6 is 11.3 Å². The number of H-pyrrole nitrogens is 1. The maximum atomic E-state index is 12.6. The maximum Gasteiger partial charge on any atom is 0.416 e. The molecule has 1 atom stereocenters. The van der Waals surface area contributed by atoms with Crippen molar-refractivity contribution in [2.75, 3.05) is 0 Å². The molecule has 3 rings (SSSR count). The minimum absolute atomic E-state index is 0.225. The number of nitrogens with one attached hydrogen (secondary N) is 1. The van der Waals surface area contributed by atoms with E-state index in [0.29, 0.717) is 27.1 Å². The maximum absolute atomic E-state index is 12.6. The third-order valence-corrected chi connectivity index (χ3v) is 4.76. The van der Waals surface area contributed by atoms with Crippen molar-refractivity contribution < 1.29 is 13.2 Å². The molecule has 130 valence electrons. The molecule has 2 aromatic heterocycles. The molecule has 0 bridgehead atoms. The lowest BCUT2D eigenvalue weighted by Gasteiger charge is -2.10. The van der Waals surface area contributed by atoms with Gasteiger partial charge in [-0.3, -0.25) is 4.79 Å². The third-order valence-electron chi connectivity index (χ3n) is 3.63. The Labute approximate surface area is 144 Å². The first kappa shape index (κ1) is 17.3. The first-order chi connectivity index (χ1) is 11.7. The zero-order valence-corrected chi connectivity index (χ0v) is 14.1. The van der Waals surface area contributed by atoms with Gasteiger partial charge in [-0.1, -0.05) is 30.4 Å². The Morgan fingerprint density at radius 2 is 1.84 bits per heavy atom. The summed E-state index contributed by atoms with van der Waals surface area (Å²) in [5.74, 6) is 0.242. The van der Waals surface area contributed by atoms with E-state index >= 15 is 0 Å². The molecule has 0 fully saturated rings. The van der Waals surface area contributed by atoms with Gasteiger partial charge >= 0.3 is 6.18 Å². The van der Waals surface area contributed by atoms with Crippen LogP contribution in [0.25, 0.3) is 10.7 Å². The molecule has 0 aliphatic rings. The molecule has 0 aliphatic heterocycles. The monoisotopic (exact) mass is 366 g/mol. The van der Waals surface area contributed by atoms with Gasteiger partial charge in [0.1, 0.15) is 16.5 Å². The van der Waals surface area contributed by atoms with Gasteiger partial charge in [-0.15, -0.1) is 10.2 Å². The minimum atomic E-state index is -4.36. The van der Waals surface area contributed by atoms with Gasteiger partial charge in [0, 0.05) is 12.0 Å². The smallest absolute Gasteiger partial charge is 0.311 e. The van der Waals surface area contributed by atoms with Crippen molar-refractivity contribution in [1.29, 1.82) is 0 Å². The van der Waals surface area contributed by atoms with Crippen LogP contribution in [0.15, 0.2) is 35.1 Å². The van der Waals surface area contributed by atoms with E-state index < -0.39 is 11.7 Å². The van der Waals surface area contributed by atoms with Crippen molar-refractivity contribution in [1.82, 2.24) is 20.2 Å². The van der Waals surface area contributed by atoms with Crippen molar-refractivity contribution in [3.8, 4) is 10.7 Å². The molecule has 5 nitrogen and oxygen atoms in total. The third kappa shape index (κ3) is 3.76. The van der Waals surface area contributed by atoms with Gasteiger partial charge in [-0.25, -0.2) is 4.98 Å². The number of hydrogen-bond acceptors (Lipinski definition) is 5. The first-order valence-corrected chi connectivity index (χ1v) is 8.14. The Bertz CT molecular complexity index is 947. The molecular formula is C16H13F3N4OS. The Balaban J connectivity index is 1.87. The molecule has 0 amide bonds. The molecule has 3 aromatic rings. The molecular weight excluding hydrogens is 353 g/mol. The fourth-order valence-corrected chi connectivity index (χ4v) is 3.19. The van der Waals surface area contributed by atoms with Gasteiger partial charge in [-0.2, -0.15) is 13.2 Å². The summed E-state index contributed by atoms with van der Waals surface area (Å²) in [5, 5.41) is 9.26. The number of aromatic nitrogens is 4. The Morgan fingerprint density at radius 1 is 1.16 bits per heavy atom. The fraction of sp³-hybridized carbons (Fsp3) is 0.250. The Morgan fingerprint density at radius 3 is 2.44 bits per heavy atom. The zero-order chi connectivity index (χ0) is 18.2. The first-order valence-electron chi connectivity index (χ1n) is 7.33. The number of aromatic amines is 1. The minimum Gasteiger partial charge on any atom is -0.311 e. The second-order valence-corrected chi connectivity index (χ2v) is 6.51. The van der Waals surface area contributed by atoms with E-state index in [2.05, 4.69) is 20.2 Å². The normalized spacial score (nSPS) is 13.0. The molecule has 25 heavy (non-hydrogen) atoms. The zero-order valence-electron chi connectivity index (χ0n) is 13.3. The molecule has 2 heterocycles. The molecule has 0 saturated carbocycles. The van der Waals surface area contributed by atoms with Crippen molar-refractivity contribution in [3.05, 3.63) is 62.6 Å². The molecule has 1 aromatic carbocycles. The van der Waals surface area contributed by atoms with E-state index in [1.807, 2.05) is 6.92 Å². The lowest BCUT2D eigenvalue weighted by Crippen LogP contribution is -2.08. The van der Waals surface area contributed by atoms with Crippen molar-refractivity contribution in [2.45, 2.75) is 25.9 Å². The van der Waals surface area contributed by atoms with Crippen LogP contribution in [0.3, 0.4) is 0 Å². The van der Waals surface area contributed by atoms with Crippen LogP contribution in [0.4, 0.5) is 13.2 Å². The van der Waals surface area contributed by atoms with Crippen LogP contribution in [-0.4, -0.2) is 20.2 Å². The number of aryl methyl sites for hydroxylation is 1. The topological polar surface area (TPSA) is 71.5 Å². The summed E-state index contributed by atoms with van der Waals surface area (Å²) in [4.78, 5) is 18.3. The van der Waals surface area contributed by atoms with Crippen LogP contribution < -0.4 is 5.56 Å². The van der Waals surface area contributed by atoms with Crippen LogP contribution in [-0.2, 0) is 6.18 Å². The Kier molecular flexibility index (Phi) is 4.42. The summed E-state index contributed by atoms with van der Waals surface area (Å²) < 4.78 is 37.9. The van der Waals surface area contributed by atoms with E-state index in [1.54, 1.807) is 6.92 Å². The summed E-state index contributed by atoms with van der Waals surface area (Å²) >= 11 is 1.26. The highest BCUT2D eigenvalue weighted by atomic mass is 32.1. The highest BCUT2D eigenvalue weighted by Gasteiger charge is 2.30. The van der Waals surface area contributed by atoms with Crippen LogP contribution in [0, 0.1) is 6.92 Å². The van der Waals surface area contributed by atoms with Crippen LogP contribution in [0.5, 0.6) is 0 Å². The van der Waals surface area contributed by atoms with E-state index in [1.165, 1.54) is 29.5 Å². The number of benzene rings is 1. The average molecular weight is 366 g/mol. The second kappa shape index (κ2) is 6.40. The van der Waals surface area contributed by atoms with Crippen molar-refractivity contribution in [3.63, 3.8) is 0 Å². The number of nitrogens with zero attached hydrogens (tertiary/aromatic N) is 3. The quantitative estimate of drug-likeness (QED) is 0.766. The van der Waals surface area contributed by atoms with E-state index in [4.69, 9.17) is 0 Å². The van der Waals surface area contributed by atoms with Crippen LogP contribution in [0.2, 0.25) is 0 Å². The molecule has 0 aliphatic carbocycles. The average Bonchev–Trinajstić information content (AvgIpc) is 3.02. The predicted octanol–water partition coefficient (Wildman–Crippen LogP) is 3.77. The number of rotatable bonds is 3. The number of hydrogen-bond donors (Lipinski definition) is 1. The van der Waals surface area contributed by atoms with Crippen molar-refractivity contribution in [2.24, 2.45) is 0 Å². The summed E-state index contributed by atoms with van der Waals surface area (Å²) in [5.41, 5.74) is 0.148. The Hall–Kier alpha value is -2.55. The SMILES string of the molecule is Cc1nc(-c2nnc(C(C)c3ccc(C(F)(F)F)cc3)s2)cc(=O)[nH]1. The molecule has 0 spiro atoms. The van der Waals surface area contributed by atoms with Gasteiger partial charge in [-0.05, 0) is 24.6 Å². The van der Waals surface area contributed by atoms with Gasteiger partial charge in [0.25, 0.3) is 5.56 Å². The van der Waals surface area contributed by atoms with E-state index in [-0.39, 0.29) is 11.5 Å². The lowest BCUT2D eigenvalue weighted by molar-refractivity contribution is -0.137. The van der Waals surface area contributed by atoms with Gasteiger partial charge in [0.2, 0.25) is 0 Å². The number of halogens is 3. The molecule has 1 unspecified atom stereocenters. The molecule has 9 heteroatoms. The second-order valence-electron chi connectivity index (χ2n) is 5.50.